The molecule has 3 heteroatoms. The second kappa shape index (κ2) is 4.52. The Bertz CT molecular complexity index is 309. The molecule has 0 aliphatic heterocycles. The van der Waals surface area contributed by atoms with Crippen molar-refractivity contribution in [2.45, 2.75) is 20.8 Å². The number of hydrogen-bond donors (Lipinski definition) is 1. The van der Waals surface area contributed by atoms with Gasteiger partial charge < -0.3 is 5.11 Å². The standard InChI is InChI=1S/C10H12O2.Zn/c1-6-4-9(10(11)12)5-7(2)8(6)3;/h4-5H,1-3H3,(H,11,12);. The van der Waals surface area contributed by atoms with Crippen molar-refractivity contribution in [3.8, 4) is 0 Å². The largest absolute Gasteiger partial charge is 0.478 e. The third kappa shape index (κ3) is 2.63. The van der Waals surface area contributed by atoms with E-state index in [0.717, 1.165) is 11.1 Å². The smallest absolute Gasteiger partial charge is 0.335 e. The Labute approximate surface area is 90.7 Å². The topological polar surface area (TPSA) is 37.3 Å². The number of carboxylic acids is 1. The van der Waals surface area contributed by atoms with Crippen molar-refractivity contribution in [1.82, 2.24) is 0 Å². The predicted octanol–water partition coefficient (Wildman–Crippen LogP) is 2.31. The molecule has 0 saturated heterocycles. The first kappa shape index (κ1) is 12.3. The quantitative estimate of drug-likeness (QED) is 0.751. The average molecular weight is 230 g/mol. The normalized spacial score (nSPS) is 9.15. The third-order valence-electron chi connectivity index (χ3n) is 2.17. The van der Waals surface area contributed by atoms with E-state index in [9.17, 15) is 4.79 Å². The van der Waals surface area contributed by atoms with Crippen molar-refractivity contribution in [2.24, 2.45) is 0 Å². The van der Waals surface area contributed by atoms with Crippen LogP contribution in [0.3, 0.4) is 0 Å². The summed E-state index contributed by atoms with van der Waals surface area (Å²) in [5.74, 6) is -0.860. The van der Waals surface area contributed by atoms with Gasteiger partial charge in [0.25, 0.3) is 0 Å². The van der Waals surface area contributed by atoms with Gasteiger partial charge in [-0.15, -0.1) is 0 Å². The Morgan fingerprint density at radius 2 is 1.54 bits per heavy atom. The second-order valence-corrected chi connectivity index (χ2v) is 3.04. The number of benzene rings is 1. The van der Waals surface area contributed by atoms with Crippen LogP contribution in [0.15, 0.2) is 12.1 Å². The Morgan fingerprint density at radius 1 is 1.15 bits per heavy atom. The molecule has 0 bridgehead atoms. The first-order valence-electron chi connectivity index (χ1n) is 3.83. The van der Waals surface area contributed by atoms with Crippen molar-refractivity contribution in [1.29, 1.82) is 0 Å². The molecule has 0 radical (unpaired) electrons. The van der Waals surface area contributed by atoms with Gasteiger partial charge in [-0.05, 0) is 49.6 Å². The van der Waals surface area contributed by atoms with Crippen LogP contribution in [0.1, 0.15) is 27.0 Å². The molecular formula is C10H12O2Zn. The summed E-state index contributed by atoms with van der Waals surface area (Å²) in [6, 6.07) is 3.40. The van der Waals surface area contributed by atoms with E-state index in [-0.39, 0.29) is 19.5 Å². The zero-order valence-electron chi connectivity index (χ0n) is 8.22. The van der Waals surface area contributed by atoms with E-state index < -0.39 is 5.97 Å². The minimum Gasteiger partial charge on any atom is -0.478 e. The minimum atomic E-state index is -0.860. The fourth-order valence-corrected chi connectivity index (χ4v) is 1.16. The Morgan fingerprint density at radius 3 is 1.85 bits per heavy atom. The van der Waals surface area contributed by atoms with E-state index in [1.165, 1.54) is 5.56 Å². The second-order valence-electron chi connectivity index (χ2n) is 3.04. The van der Waals surface area contributed by atoms with Gasteiger partial charge in [0.05, 0.1) is 5.56 Å². The number of aryl methyl sites for hydroxylation is 2. The average Bonchev–Trinajstić information content (AvgIpc) is 1.99. The molecule has 0 aromatic heterocycles. The fraction of sp³-hybridized carbons (Fsp3) is 0.300. The molecule has 1 aromatic carbocycles. The van der Waals surface area contributed by atoms with Gasteiger partial charge in [-0.2, -0.15) is 0 Å². The molecule has 0 amide bonds. The molecule has 1 N–H and O–H groups in total. The van der Waals surface area contributed by atoms with E-state index >= 15 is 0 Å². The van der Waals surface area contributed by atoms with Crippen LogP contribution in [-0.2, 0) is 19.5 Å². The van der Waals surface area contributed by atoms with E-state index in [0.29, 0.717) is 5.56 Å². The number of rotatable bonds is 1. The first-order valence-corrected chi connectivity index (χ1v) is 3.83. The molecule has 0 atom stereocenters. The van der Waals surface area contributed by atoms with Gasteiger partial charge in [0.15, 0.2) is 0 Å². The maximum absolute atomic E-state index is 10.6. The molecule has 13 heavy (non-hydrogen) atoms. The third-order valence-corrected chi connectivity index (χ3v) is 2.17. The van der Waals surface area contributed by atoms with Crippen molar-refractivity contribution in [2.75, 3.05) is 0 Å². The SMILES string of the molecule is Cc1cc(C(=O)O)cc(C)c1C.[Zn]. The molecule has 0 heterocycles. The molecular weight excluding hydrogens is 217 g/mol. The van der Waals surface area contributed by atoms with Crippen LogP contribution >= 0.6 is 0 Å². The summed E-state index contributed by atoms with van der Waals surface area (Å²) in [6.45, 7) is 5.85. The molecule has 2 nitrogen and oxygen atoms in total. The maximum atomic E-state index is 10.6. The van der Waals surface area contributed by atoms with Crippen LogP contribution < -0.4 is 0 Å². The predicted molar refractivity (Wildman–Crippen MR) is 47.6 cm³/mol. The van der Waals surface area contributed by atoms with Crippen LogP contribution in [-0.4, -0.2) is 11.1 Å². The van der Waals surface area contributed by atoms with Gasteiger partial charge in [-0.3, -0.25) is 0 Å². The van der Waals surface area contributed by atoms with Crippen LogP contribution in [0.5, 0.6) is 0 Å². The van der Waals surface area contributed by atoms with Crippen molar-refractivity contribution in [3.05, 3.63) is 34.4 Å². The van der Waals surface area contributed by atoms with E-state index in [1.807, 2.05) is 20.8 Å². The van der Waals surface area contributed by atoms with Gasteiger partial charge >= 0.3 is 5.97 Å². The summed E-state index contributed by atoms with van der Waals surface area (Å²) in [4.78, 5) is 10.6. The molecule has 0 unspecified atom stereocenters. The molecule has 0 saturated carbocycles. The van der Waals surface area contributed by atoms with E-state index in [4.69, 9.17) is 5.11 Å². The molecule has 0 aliphatic carbocycles. The molecule has 0 spiro atoms. The monoisotopic (exact) mass is 228 g/mol. The molecule has 1 rings (SSSR count). The van der Waals surface area contributed by atoms with Gasteiger partial charge in [-0.25, -0.2) is 4.79 Å². The Kier molecular flexibility index (Phi) is 4.28. The van der Waals surface area contributed by atoms with E-state index in [2.05, 4.69) is 0 Å². The summed E-state index contributed by atoms with van der Waals surface area (Å²) in [5, 5.41) is 8.72. The van der Waals surface area contributed by atoms with Crippen LogP contribution in [0, 0.1) is 20.8 Å². The zero-order valence-corrected chi connectivity index (χ0v) is 11.2. The Hall–Kier alpha value is -0.687. The number of hydrogen-bond acceptors (Lipinski definition) is 1. The Balaban J connectivity index is 0.00000144. The zero-order chi connectivity index (χ0) is 9.30. The summed E-state index contributed by atoms with van der Waals surface area (Å²) >= 11 is 0. The number of carboxylic acid groups (broad SMARTS) is 1. The van der Waals surface area contributed by atoms with Crippen molar-refractivity contribution < 1.29 is 29.4 Å². The molecule has 1 aromatic rings. The number of carbonyl (C=O) groups is 1. The fourth-order valence-electron chi connectivity index (χ4n) is 1.16. The molecule has 0 aliphatic rings. The summed E-state index contributed by atoms with van der Waals surface area (Å²) in [6.07, 6.45) is 0. The van der Waals surface area contributed by atoms with Gasteiger partial charge in [0, 0.05) is 19.5 Å². The number of aromatic carboxylic acids is 1. The minimum absolute atomic E-state index is 0. The van der Waals surface area contributed by atoms with Crippen LogP contribution in [0.4, 0.5) is 0 Å². The summed E-state index contributed by atoms with van der Waals surface area (Å²) in [5.41, 5.74) is 3.61. The van der Waals surface area contributed by atoms with E-state index in [1.54, 1.807) is 12.1 Å². The van der Waals surface area contributed by atoms with Gasteiger partial charge in [0.2, 0.25) is 0 Å². The summed E-state index contributed by atoms with van der Waals surface area (Å²) < 4.78 is 0. The van der Waals surface area contributed by atoms with Crippen LogP contribution in [0.2, 0.25) is 0 Å². The molecule has 66 valence electrons. The summed E-state index contributed by atoms with van der Waals surface area (Å²) in [7, 11) is 0. The van der Waals surface area contributed by atoms with Crippen molar-refractivity contribution >= 4 is 5.97 Å². The van der Waals surface area contributed by atoms with Crippen molar-refractivity contribution in [3.63, 3.8) is 0 Å². The maximum Gasteiger partial charge on any atom is 0.335 e. The van der Waals surface area contributed by atoms with Gasteiger partial charge in [0.1, 0.15) is 0 Å². The molecule has 0 fully saturated rings. The van der Waals surface area contributed by atoms with Gasteiger partial charge in [-0.1, -0.05) is 0 Å². The first-order chi connectivity index (χ1) is 5.52. The van der Waals surface area contributed by atoms with Crippen LogP contribution in [0.25, 0.3) is 0 Å².